The normalized spacial score (nSPS) is 17.7. The van der Waals surface area contributed by atoms with Crippen LogP contribution in [0, 0.1) is 0 Å². The quantitative estimate of drug-likeness (QED) is 0.594. The summed E-state index contributed by atoms with van der Waals surface area (Å²) in [7, 11) is 0. The summed E-state index contributed by atoms with van der Waals surface area (Å²) in [5, 5.41) is 6.59. The number of rotatable bonds is 4. The van der Waals surface area contributed by atoms with Gasteiger partial charge < -0.3 is 19.0 Å². The van der Waals surface area contributed by atoms with Gasteiger partial charge in [0.1, 0.15) is 29.9 Å². The standard InChI is InChI=1S/C23H20F3N3O5/c1-12(30)27-8-15-9-29(22(31)33-15)14-5-6-16-13(7-14)3-2-4-17-20(28-34-21(16)17)18-10-32-11-19(18)23(24,25)26/h5-7,10-11,15H,2-4,8-9H2,1H3,(H,27,30). The van der Waals surface area contributed by atoms with Crippen molar-refractivity contribution in [1.82, 2.24) is 10.5 Å². The average Bonchev–Trinajstić information content (AvgIpc) is 3.48. The molecule has 1 aliphatic carbocycles. The molecule has 178 valence electrons. The summed E-state index contributed by atoms with van der Waals surface area (Å²) in [5.74, 6) is 0.204. The molecule has 1 atom stereocenters. The van der Waals surface area contributed by atoms with Crippen LogP contribution in [0.1, 0.15) is 30.0 Å². The number of nitrogens with zero attached hydrogens (tertiary/aromatic N) is 2. The molecule has 0 spiro atoms. The van der Waals surface area contributed by atoms with Gasteiger partial charge in [-0.1, -0.05) is 5.16 Å². The summed E-state index contributed by atoms with van der Waals surface area (Å²) in [4.78, 5) is 25.0. The lowest BCUT2D eigenvalue weighted by Gasteiger charge is -2.15. The number of hydrogen-bond acceptors (Lipinski definition) is 6. The Labute approximate surface area is 191 Å². The topological polar surface area (TPSA) is 97.8 Å². The fourth-order valence-corrected chi connectivity index (χ4v) is 4.39. The molecule has 0 radical (unpaired) electrons. The molecule has 0 bridgehead atoms. The Morgan fingerprint density at radius 3 is 2.82 bits per heavy atom. The average molecular weight is 475 g/mol. The fraction of sp³-hybridized carbons (Fsp3) is 0.348. The van der Waals surface area contributed by atoms with Crippen molar-refractivity contribution in [2.75, 3.05) is 18.0 Å². The molecule has 3 heterocycles. The minimum atomic E-state index is -4.58. The maximum atomic E-state index is 13.4. The van der Waals surface area contributed by atoms with E-state index >= 15 is 0 Å². The molecule has 3 aromatic rings. The van der Waals surface area contributed by atoms with Gasteiger partial charge in [-0.25, -0.2) is 4.79 Å². The Bertz CT molecular complexity index is 1260. The van der Waals surface area contributed by atoms with Crippen LogP contribution in [0.15, 0.2) is 39.7 Å². The van der Waals surface area contributed by atoms with E-state index in [0.717, 1.165) is 17.4 Å². The van der Waals surface area contributed by atoms with Gasteiger partial charge in [-0.15, -0.1) is 0 Å². The Kier molecular flexibility index (Phi) is 5.34. The summed E-state index contributed by atoms with van der Waals surface area (Å²) in [6, 6.07) is 5.36. The van der Waals surface area contributed by atoms with Crippen molar-refractivity contribution in [2.45, 2.75) is 38.5 Å². The predicted molar refractivity (Wildman–Crippen MR) is 113 cm³/mol. The molecule has 1 unspecified atom stereocenters. The minimum Gasteiger partial charge on any atom is -0.471 e. The number of aryl methyl sites for hydroxylation is 1. The summed E-state index contributed by atoms with van der Waals surface area (Å²) >= 11 is 0. The molecule has 2 amide bonds. The zero-order valence-electron chi connectivity index (χ0n) is 18.1. The molecule has 34 heavy (non-hydrogen) atoms. The minimum absolute atomic E-state index is 0.122. The lowest BCUT2D eigenvalue weighted by molar-refractivity contribution is -0.137. The second kappa shape index (κ2) is 8.23. The molecule has 1 saturated heterocycles. The largest absolute Gasteiger partial charge is 0.471 e. The van der Waals surface area contributed by atoms with Crippen LogP contribution in [0.3, 0.4) is 0 Å². The SMILES string of the molecule is CC(=O)NCC1CN(c2ccc3c(c2)CCCc2c(-c4cocc4C(F)(F)F)noc2-3)C(=O)O1. The molecular formula is C23H20F3N3O5. The number of alkyl halides is 3. The van der Waals surface area contributed by atoms with Gasteiger partial charge in [0.05, 0.1) is 18.7 Å². The Balaban J connectivity index is 1.45. The van der Waals surface area contributed by atoms with Crippen molar-refractivity contribution in [3.8, 4) is 22.6 Å². The van der Waals surface area contributed by atoms with Gasteiger partial charge in [-0.2, -0.15) is 13.2 Å². The third-order valence-electron chi connectivity index (χ3n) is 5.98. The molecule has 2 aromatic heterocycles. The van der Waals surface area contributed by atoms with Crippen LogP contribution in [0.5, 0.6) is 0 Å². The van der Waals surface area contributed by atoms with Crippen LogP contribution < -0.4 is 10.2 Å². The van der Waals surface area contributed by atoms with E-state index in [1.165, 1.54) is 11.8 Å². The van der Waals surface area contributed by atoms with Gasteiger partial charge in [0.25, 0.3) is 0 Å². The molecule has 0 saturated carbocycles. The van der Waals surface area contributed by atoms with Crippen LogP contribution >= 0.6 is 0 Å². The van der Waals surface area contributed by atoms with Gasteiger partial charge >= 0.3 is 12.3 Å². The lowest BCUT2D eigenvalue weighted by atomic mass is 9.99. The lowest BCUT2D eigenvalue weighted by Crippen LogP contribution is -2.33. The highest BCUT2D eigenvalue weighted by atomic mass is 19.4. The van der Waals surface area contributed by atoms with E-state index in [4.69, 9.17) is 13.7 Å². The number of anilines is 1. The van der Waals surface area contributed by atoms with E-state index in [1.54, 1.807) is 12.1 Å². The molecule has 1 aliphatic heterocycles. The fourth-order valence-electron chi connectivity index (χ4n) is 4.39. The first-order valence-electron chi connectivity index (χ1n) is 10.7. The summed E-state index contributed by atoms with van der Waals surface area (Å²) in [5.41, 5.74) is 1.90. The zero-order chi connectivity index (χ0) is 24.0. The van der Waals surface area contributed by atoms with E-state index in [1.807, 2.05) is 6.07 Å². The molecule has 1 N–H and O–H groups in total. The molecule has 1 fully saturated rings. The summed E-state index contributed by atoms with van der Waals surface area (Å²) in [6.45, 7) is 1.90. The highest BCUT2D eigenvalue weighted by Gasteiger charge is 2.38. The van der Waals surface area contributed by atoms with Crippen molar-refractivity contribution in [3.63, 3.8) is 0 Å². The van der Waals surface area contributed by atoms with Crippen molar-refractivity contribution >= 4 is 17.7 Å². The number of furan rings is 1. The van der Waals surface area contributed by atoms with E-state index in [0.29, 0.717) is 42.5 Å². The van der Waals surface area contributed by atoms with Crippen LogP contribution in [0.4, 0.5) is 23.7 Å². The van der Waals surface area contributed by atoms with Crippen molar-refractivity contribution < 1.29 is 36.4 Å². The van der Waals surface area contributed by atoms with Crippen LogP contribution in [-0.2, 0) is 28.5 Å². The van der Waals surface area contributed by atoms with E-state index in [-0.39, 0.29) is 30.3 Å². The van der Waals surface area contributed by atoms with Crippen LogP contribution in [-0.4, -0.2) is 36.4 Å². The van der Waals surface area contributed by atoms with Crippen LogP contribution in [0.25, 0.3) is 22.6 Å². The van der Waals surface area contributed by atoms with Gasteiger partial charge in [-0.05, 0) is 43.0 Å². The Hall–Kier alpha value is -3.76. The predicted octanol–water partition coefficient (Wildman–Crippen LogP) is 4.57. The Morgan fingerprint density at radius 2 is 2.06 bits per heavy atom. The number of aromatic nitrogens is 1. The number of carbonyl (C=O) groups excluding carboxylic acids is 2. The third kappa shape index (κ3) is 3.91. The molecule has 5 rings (SSSR count). The molecular weight excluding hydrogens is 455 g/mol. The van der Waals surface area contributed by atoms with Gasteiger partial charge in [0.2, 0.25) is 5.91 Å². The number of ether oxygens (including phenoxy) is 1. The second-order valence-electron chi connectivity index (χ2n) is 8.28. The number of nitrogens with one attached hydrogen (secondary N) is 1. The van der Waals surface area contributed by atoms with Crippen LogP contribution in [0.2, 0.25) is 0 Å². The number of hydrogen-bond donors (Lipinski definition) is 1. The van der Waals surface area contributed by atoms with Crippen molar-refractivity contribution in [2.24, 2.45) is 0 Å². The first-order chi connectivity index (χ1) is 16.2. The second-order valence-corrected chi connectivity index (χ2v) is 8.28. The maximum absolute atomic E-state index is 13.4. The number of amides is 2. The molecule has 11 heteroatoms. The highest BCUT2D eigenvalue weighted by Crippen LogP contribution is 2.43. The Morgan fingerprint density at radius 1 is 1.24 bits per heavy atom. The summed E-state index contributed by atoms with van der Waals surface area (Å²) in [6.07, 6.45) is -2.07. The highest BCUT2D eigenvalue weighted by molar-refractivity contribution is 5.91. The summed E-state index contributed by atoms with van der Waals surface area (Å²) < 4.78 is 55.9. The number of fused-ring (bicyclic) bond motifs is 3. The van der Waals surface area contributed by atoms with E-state index in [2.05, 4.69) is 10.5 Å². The molecule has 1 aromatic carbocycles. The van der Waals surface area contributed by atoms with Gasteiger partial charge in [0, 0.05) is 23.7 Å². The van der Waals surface area contributed by atoms with E-state index in [9.17, 15) is 22.8 Å². The maximum Gasteiger partial charge on any atom is 0.420 e. The van der Waals surface area contributed by atoms with Gasteiger partial charge in [0.15, 0.2) is 5.76 Å². The number of halogens is 3. The molecule has 8 nitrogen and oxygen atoms in total. The number of carbonyl (C=O) groups is 2. The van der Waals surface area contributed by atoms with Crippen molar-refractivity contribution in [1.29, 1.82) is 0 Å². The van der Waals surface area contributed by atoms with E-state index < -0.39 is 23.9 Å². The first kappa shape index (κ1) is 22.1. The zero-order valence-corrected chi connectivity index (χ0v) is 18.1. The monoisotopic (exact) mass is 475 g/mol. The molecule has 2 aliphatic rings. The number of benzene rings is 1. The first-order valence-corrected chi connectivity index (χ1v) is 10.7. The smallest absolute Gasteiger partial charge is 0.420 e. The van der Waals surface area contributed by atoms with Gasteiger partial charge in [-0.3, -0.25) is 9.69 Å². The van der Waals surface area contributed by atoms with Crippen molar-refractivity contribution in [3.05, 3.63) is 47.4 Å². The third-order valence-corrected chi connectivity index (χ3v) is 5.98. The number of cyclic esters (lactones) is 1.